The Kier molecular flexibility index (Phi) is 3.79. The van der Waals surface area contributed by atoms with Crippen LogP contribution in [0.25, 0.3) is 5.69 Å². The van der Waals surface area contributed by atoms with Crippen LogP contribution in [0.4, 0.5) is 0 Å². The molecule has 3 rings (SSSR count). The highest BCUT2D eigenvalue weighted by Gasteiger charge is 2.10. The zero-order chi connectivity index (χ0) is 14.7. The number of aliphatic hydroxyl groups is 1. The van der Waals surface area contributed by atoms with Gasteiger partial charge in [0.25, 0.3) is 0 Å². The second-order valence-electron chi connectivity index (χ2n) is 5.06. The average molecular weight is 279 g/mol. The van der Waals surface area contributed by atoms with Crippen molar-refractivity contribution in [3.8, 4) is 5.69 Å². The molecule has 4 nitrogen and oxygen atoms in total. The molecule has 0 radical (unpaired) electrons. The zero-order valence-corrected chi connectivity index (χ0v) is 11.8. The van der Waals surface area contributed by atoms with E-state index in [1.54, 1.807) is 17.8 Å². The molecule has 1 heterocycles. The predicted octanol–water partition coefficient (Wildman–Crippen LogP) is 2.91. The van der Waals surface area contributed by atoms with Crippen LogP contribution in [-0.2, 0) is 6.42 Å². The lowest BCUT2D eigenvalue weighted by Gasteiger charge is -2.09. The maximum atomic E-state index is 9.57. The van der Waals surface area contributed by atoms with Gasteiger partial charge in [-0.05, 0) is 30.5 Å². The van der Waals surface area contributed by atoms with Crippen molar-refractivity contribution in [3.05, 3.63) is 77.6 Å². The lowest BCUT2D eigenvalue weighted by molar-refractivity contribution is 0.194. The molecule has 0 spiro atoms. The molecule has 1 N–H and O–H groups in total. The van der Waals surface area contributed by atoms with Gasteiger partial charge in [-0.15, -0.1) is 5.10 Å². The number of aliphatic hydroxyl groups excluding tert-OH is 1. The first-order valence-electron chi connectivity index (χ1n) is 6.96. The molecule has 0 saturated carbocycles. The SMILES string of the molecule is CC(O)c1cn(-c2ccccc2Cc2ccccc2)nn1. The van der Waals surface area contributed by atoms with E-state index in [2.05, 4.69) is 28.5 Å². The highest BCUT2D eigenvalue weighted by Crippen LogP contribution is 2.19. The summed E-state index contributed by atoms with van der Waals surface area (Å²) in [6.45, 7) is 1.68. The minimum atomic E-state index is -0.611. The zero-order valence-electron chi connectivity index (χ0n) is 11.8. The fourth-order valence-corrected chi connectivity index (χ4v) is 2.29. The van der Waals surface area contributed by atoms with Crippen LogP contribution in [-0.4, -0.2) is 20.1 Å². The molecule has 0 bridgehead atoms. The van der Waals surface area contributed by atoms with Crippen molar-refractivity contribution in [2.75, 3.05) is 0 Å². The molecular weight excluding hydrogens is 262 g/mol. The lowest BCUT2D eigenvalue weighted by atomic mass is 10.0. The average Bonchev–Trinajstić information content (AvgIpc) is 2.99. The summed E-state index contributed by atoms with van der Waals surface area (Å²) in [5, 5.41) is 17.7. The van der Waals surface area contributed by atoms with E-state index >= 15 is 0 Å². The molecule has 0 aliphatic heterocycles. The molecule has 1 atom stereocenters. The normalized spacial score (nSPS) is 12.3. The van der Waals surface area contributed by atoms with Gasteiger partial charge in [0, 0.05) is 0 Å². The molecule has 1 aromatic heterocycles. The van der Waals surface area contributed by atoms with Gasteiger partial charge in [0.2, 0.25) is 0 Å². The third-order valence-electron chi connectivity index (χ3n) is 3.41. The molecule has 21 heavy (non-hydrogen) atoms. The van der Waals surface area contributed by atoms with Gasteiger partial charge >= 0.3 is 0 Å². The third kappa shape index (κ3) is 3.01. The van der Waals surface area contributed by atoms with Gasteiger partial charge in [0.15, 0.2) is 0 Å². The maximum absolute atomic E-state index is 9.57. The van der Waals surface area contributed by atoms with E-state index < -0.39 is 6.10 Å². The molecule has 0 fully saturated rings. The van der Waals surface area contributed by atoms with Crippen molar-refractivity contribution >= 4 is 0 Å². The number of hydrogen-bond donors (Lipinski definition) is 1. The lowest BCUT2D eigenvalue weighted by Crippen LogP contribution is -2.01. The minimum absolute atomic E-state index is 0.574. The standard InChI is InChI=1S/C17H17N3O/c1-13(21)16-12-20(19-18-16)17-10-6-5-9-15(17)11-14-7-3-2-4-8-14/h2-10,12-13,21H,11H2,1H3. The van der Waals surface area contributed by atoms with Gasteiger partial charge in [-0.25, -0.2) is 4.68 Å². The first-order chi connectivity index (χ1) is 10.2. The van der Waals surface area contributed by atoms with Gasteiger partial charge in [0.1, 0.15) is 5.69 Å². The first kappa shape index (κ1) is 13.5. The van der Waals surface area contributed by atoms with Crippen LogP contribution >= 0.6 is 0 Å². The largest absolute Gasteiger partial charge is 0.387 e. The van der Waals surface area contributed by atoms with Crippen LogP contribution < -0.4 is 0 Å². The third-order valence-corrected chi connectivity index (χ3v) is 3.41. The van der Waals surface area contributed by atoms with Crippen molar-refractivity contribution in [1.82, 2.24) is 15.0 Å². The van der Waals surface area contributed by atoms with Crippen LogP contribution in [0.5, 0.6) is 0 Å². The second-order valence-corrected chi connectivity index (χ2v) is 5.06. The fraction of sp³-hybridized carbons (Fsp3) is 0.176. The van der Waals surface area contributed by atoms with Gasteiger partial charge in [0.05, 0.1) is 18.0 Å². The van der Waals surface area contributed by atoms with Crippen molar-refractivity contribution in [3.63, 3.8) is 0 Å². The number of para-hydroxylation sites is 1. The van der Waals surface area contributed by atoms with Crippen LogP contribution in [0.15, 0.2) is 60.8 Å². The van der Waals surface area contributed by atoms with E-state index in [9.17, 15) is 5.11 Å². The van der Waals surface area contributed by atoms with E-state index in [1.807, 2.05) is 36.4 Å². The van der Waals surface area contributed by atoms with Gasteiger partial charge in [-0.1, -0.05) is 53.7 Å². The smallest absolute Gasteiger partial charge is 0.111 e. The number of aromatic nitrogens is 3. The summed E-state index contributed by atoms with van der Waals surface area (Å²) in [4.78, 5) is 0. The van der Waals surface area contributed by atoms with Crippen LogP contribution in [0.3, 0.4) is 0 Å². The summed E-state index contributed by atoms with van der Waals surface area (Å²) in [6.07, 6.45) is 2.00. The second kappa shape index (κ2) is 5.89. The quantitative estimate of drug-likeness (QED) is 0.799. The Bertz CT molecular complexity index is 720. The Morgan fingerprint density at radius 3 is 2.48 bits per heavy atom. The molecule has 106 valence electrons. The van der Waals surface area contributed by atoms with E-state index in [4.69, 9.17) is 0 Å². The van der Waals surface area contributed by atoms with Crippen molar-refractivity contribution < 1.29 is 5.11 Å². The summed E-state index contributed by atoms with van der Waals surface area (Å²) < 4.78 is 1.72. The molecule has 0 aliphatic carbocycles. The molecule has 2 aromatic carbocycles. The van der Waals surface area contributed by atoms with Crippen molar-refractivity contribution in [2.24, 2.45) is 0 Å². The van der Waals surface area contributed by atoms with Gasteiger partial charge < -0.3 is 5.11 Å². The number of nitrogens with zero attached hydrogens (tertiary/aromatic N) is 3. The van der Waals surface area contributed by atoms with Crippen molar-refractivity contribution in [1.29, 1.82) is 0 Å². The topological polar surface area (TPSA) is 50.9 Å². The molecule has 3 aromatic rings. The number of rotatable bonds is 4. The van der Waals surface area contributed by atoms with E-state index in [-0.39, 0.29) is 0 Å². The summed E-state index contributed by atoms with van der Waals surface area (Å²) in [5.41, 5.74) is 3.98. The Hall–Kier alpha value is -2.46. The van der Waals surface area contributed by atoms with Crippen molar-refractivity contribution in [2.45, 2.75) is 19.4 Å². The highest BCUT2D eigenvalue weighted by atomic mass is 16.3. The van der Waals surface area contributed by atoms with E-state index in [0.29, 0.717) is 5.69 Å². The molecule has 1 unspecified atom stereocenters. The Morgan fingerprint density at radius 1 is 1.05 bits per heavy atom. The maximum Gasteiger partial charge on any atom is 0.111 e. The predicted molar refractivity (Wildman–Crippen MR) is 81.2 cm³/mol. The van der Waals surface area contributed by atoms with Crippen LogP contribution in [0, 0.1) is 0 Å². The number of hydrogen-bond acceptors (Lipinski definition) is 3. The summed E-state index contributed by atoms with van der Waals surface area (Å²) in [5.74, 6) is 0. The van der Waals surface area contributed by atoms with Gasteiger partial charge in [-0.2, -0.15) is 0 Å². The summed E-state index contributed by atoms with van der Waals surface area (Å²) >= 11 is 0. The van der Waals surface area contributed by atoms with E-state index in [0.717, 1.165) is 12.1 Å². The summed E-state index contributed by atoms with van der Waals surface area (Å²) in [6, 6.07) is 18.4. The summed E-state index contributed by atoms with van der Waals surface area (Å²) in [7, 11) is 0. The Balaban J connectivity index is 1.95. The molecule has 0 aliphatic rings. The van der Waals surface area contributed by atoms with Gasteiger partial charge in [-0.3, -0.25) is 0 Å². The monoisotopic (exact) mass is 279 g/mol. The Morgan fingerprint density at radius 2 is 1.76 bits per heavy atom. The molecule has 0 saturated heterocycles. The van der Waals surface area contributed by atoms with Crippen LogP contribution in [0.1, 0.15) is 29.8 Å². The molecule has 0 amide bonds. The first-order valence-corrected chi connectivity index (χ1v) is 6.96. The number of benzene rings is 2. The fourth-order valence-electron chi connectivity index (χ4n) is 2.29. The molecular formula is C17H17N3O. The molecule has 4 heteroatoms. The Labute approximate surface area is 123 Å². The highest BCUT2D eigenvalue weighted by molar-refractivity contribution is 5.43. The van der Waals surface area contributed by atoms with E-state index in [1.165, 1.54) is 11.1 Å². The minimum Gasteiger partial charge on any atom is -0.387 e. The van der Waals surface area contributed by atoms with Crippen LogP contribution in [0.2, 0.25) is 0 Å².